The van der Waals surface area contributed by atoms with Crippen molar-refractivity contribution in [2.75, 3.05) is 12.4 Å². The summed E-state index contributed by atoms with van der Waals surface area (Å²) in [4.78, 5) is 8.56. The van der Waals surface area contributed by atoms with Gasteiger partial charge in [0, 0.05) is 37.6 Å². The van der Waals surface area contributed by atoms with Crippen molar-refractivity contribution in [3.8, 4) is 0 Å². The molecule has 0 saturated heterocycles. The van der Waals surface area contributed by atoms with E-state index in [1.165, 1.54) is 11.7 Å². The molecule has 1 N–H and O–H groups in total. The molecule has 116 valence electrons. The fourth-order valence-corrected chi connectivity index (χ4v) is 2.66. The Kier molecular flexibility index (Phi) is 3.20. The SMILES string of the molecule is COCc1cc(Nc2ccc3ccn(C)c3c2)n2ncnc2n1. The van der Waals surface area contributed by atoms with Gasteiger partial charge < -0.3 is 14.6 Å². The van der Waals surface area contributed by atoms with Crippen molar-refractivity contribution in [1.82, 2.24) is 24.1 Å². The highest BCUT2D eigenvalue weighted by atomic mass is 16.5. The lowest BCUT2D eigenvalue weighted by atomic mass is 10.2. The number of nitrogens with one attached hydrogen (secondary N) is 1. The Morgan fingerprint density at radius 3 is 3.00 bits per heavy atom. The fraction of sp³-hybridized carbons (Fsp3) is 0.188. The van der Waals surface area contributed by atoms with E-state index in [1.54, 1.807) is 11.6 Å². The monoisotopic (exact) mass is 308 g/mol. The van der Waals surface area contributed by atoms with Gasteiger partial charge in [-0.25, -0.2) is 4.98 Å². The normalized spacial score (nSPS) is 11.4. The predicted octanol–water partition coefficient (Wildman–Crippen LogP) is 2.51. The van der Waals surface area contributed by atoms with Gasteiger partial charge in [0.25, 0.3) is 5.78 Å². The van der Waals surface area contributed by atoms with Gasteiger partial charge in [-0.15, -0.1) is 0 Å². The van der Waals surface area contributed by atoms with E-state index >= 15 is 0 Å². The van der Waals surface area contributed by atoms with Gasteiger partial charge in [-0.1, -0.05) is 6.07 Å². The van der Waals surface area contributed by atoms with E-state index in [4.69, 9.17) is 4.74 Å². The van der Waals surface area contributed by atoms with Crippen molar-refractivity contribution < 1.29 is 4.74 Å². The van der Waals surface area contributed by atoms with Gasteiger partial charge in [0.1, 0.15) is 12.1 Å². The molecule has 3 aromatic heterocycles. The molecule has 0 unspecified atom stereocenters. The fourth-order valence-electron chi connectivity index (χ4n) is 2.66. The number of benzene rings is 1. The summed E-state index contributed by atoms with van der Waals surface area (Å²) in [5.74, 6) is 1.34. The molecule has 1 aromatic carbocycles. The lowest BCUT2D eigenvalue weighted by Gasteiger charge is -2.10. The smallest absolute Gasteiger partial charge is 0.254 e. The molecule has 4 aromatic rings. The second kappa shape index (κ2) is 5.36. The van der Waals surface area contributed by atoms with Crippen molar-refractivity contribution in [1.29, 1.82) is 0 Å². The van der Waals surface area contributed by atoms with Crippen LogP contribution < -0.4 is 5.32 Å². The lowest BCUT2D eigenvalue weighted by molar-refractivity contribution is 0.181. The number of ether oxygens (including phenoxy) is 1. The lowest BCUT2D eigenvalue weighted by Crippen LogP contribution is -2.04. The van der Waals surface area contributed by atoms with Gasteiger partial charge in [-0.05, 0) is 23.6 Å². The van der Waals surface area contributed by atoms with Crippen molar-refractivity contribution in [3.05, 3.63) is 48.5 Å². The van der Waals surface area contributed by atoms with Crippen LogP contribution in [0.15, 0.2) is 42.9 Å². The molecule has 7 heteroatoms. The molecule has 0 bridgehead atoms. The van der Waals surface area contributed by atoms with Gasteiger partial charge in [-0.3, -0.25) is 0 Å². The Morgan fingerprint density at radius 2 is 2.13 bits per heavy atom. The van der Waals surface area contributed by atoms with Crippen LogP contribution in [0.5, 0.6) is 0 Å². The Bertz CT molecular complexity index is 987. The first kappa shape index (κ1) is 13.7. The number of hydrogen-bond acceptors (Lipinski definition) is 5. The molecule has 0 radical (unpaired) electrons. The minimum Gasteiger partial charge on any atom is -0.378 e. The van der Waals surface area contributed by atoms with Crippen LogP contribution in [0.2, 0.25) is 0 Å². The average molecular weight is 308 g/mol. The molecular formula is C16H16N6O. The number of methoxy groups -OCH3 is 1. The number of aryl methyl sites for hydroxylation is 1. The first-order valence-electron chi connectivity index (χ1n) is 7.25. The van der Waals surface area contributed by atoms with Crippen LogP contribution in [-0.4, -0.2) is 31.3 Å². The molecular weight excluding hydrogens is 292 g/mol. The van der Waals surface area contributed by atoms with Gasteiger partial charge in [0.15, 0.2) is 0 Å². The van der Waals surface area contributed by atoms with Crippen LogP contribution >= 0.6 is 0 Å². The van der Waals surface area contributed by atoms with E-state index in [2.05, 4.69) is 43.1 Å². The van der Waals surface area contributed by atoms with Crippen LogP contribution in [0, 0.1) is 0 Å². The number of aromatic nitrogens is 5. The zero-order valence-electron chi connectivity index (χ0n) is 12.9. The summed E-state index contributed by atoms with van der Waals surface area (Å²) in [5.41, 5.74) is 2.94. The summed E-state index contributed by atoms with van der Waals surface area (Å²) in [5, 5.41) is 8.82. The molecule has 0 aliphatic carbocycles. The number of rotatable bonds is 4. The molecule has 3 heterocycles. The maximum Gasteiger partial charge on any atom is 0.254 e. The van der Waals surface area contributed by atoms with Crippen LogP contribution in [0.4, 0.5) is 11.5 Å². The topological polar surface area (TPSA) is 69.3 Å². The highest BCUT2D eigenvalue weighted by Crippen LogP contribution is 2.23. The summed E-state index contributed by atoms with van der Waals surface area (Å²) < 4.78 is 8.94. The van der Waals surface area contributed by atoms with E-state index < -0.39 is 0 Å². The Labute approximate surface area is 132 Å². The zero-order chi connectivity index (χ0) is 15.8. The summed E-state index contributed by atoms with van der Waals surface area (Å²) in [6.45, 7) is 0.425. The first-order chi connectivity index (χ1) is 11.2. The predicted molar refractivity (Wildman–Crippen MR) is 87.7 cm³/mol. The summed E-state index contributed by atoms with van der Waals surface area (Å²) in [7, 11) is 3.68. The second-order valence-corrected chi connectivity index (χ2v) is 5.36. The number of hydrogen-bond donors (Lipinski definition) is 1. The Hall–Kier alpha value is -2.93. The van der Waals surface area contributed by atoms with Crippen LogP contribution in [-0.2, 0) is 18.4 Å². The molecule has 4 rings (SSSR count). The molecule has 0 spiro atoms. The molecule has 0 saturated carbocycles. The molecule has 0 amide bonds. The van der Waals surface area contributed by atoms with Crippen molar-refractivity contribution in [2.24, 2.45) is 7.05 Å². The van der Waals surface area contributed by atoms with Gasteiger partial charge >= 0.3 is 0 Å². The quantitative estimate of drug-likeness (QED) is 0.627. The molecule has 0 atom stereocenters. The third-order valence-corrected chi connectivity index (χ3v) is 3.76. The summed E-state index contributed by atoms with van der Waals surface area (Å²) >= 11 is 0. The van der Waals surface area contributed by atoms with Crippen molar-refractivity contribution in [2.45, 2.75) is 6.61 Å². The highest BCUT2D eigenvalue weighted by Gasteiger charge is 2.08. The Balaban J connectivity index is 1.78. The van der Waals surface area contributed by atoms with E-state index in [-0.39, 0.29) is 0 Å². The molecule has 7 nitrogen and oxygen atoms in total. The molecule has 23 heavy (non-hydrogen) atoms. The Morgan fingerprint density at radius 1 is 1.22 bits per heavy atom. The zero-order valence-corrected chi connectivity index (χ0v) is 12.9. The largest absolute Gasteiger partial charge is 0.378 e. The second-order valence-electron chi connectivity index (χ2n) is 5.36. The standard InChI is InChI=1S/C16H16N6O/c1-21-6-5-11-3-4-12(7-14(11)21)19-15-8-13(9-23-2)20-16-17-10-18-22(15)16/h3-8,10,19H,9H2,1-2H3. The van der Waals surface area contributed by atoms with Crippen molar-refractivity contribution in [3.63, 3.8) is 0 Å². The van der Waals surface area contributed by atoms with Crippen LogP contribution in [0.3, 0.4) is 0 Å². The molecule has 0 fully saturated rings. The van der Waals surface area contributed by atoms with Crippen LogP contribution in [0.25, 0.3) is 16.7 Å². The van der Waals surface area contributed by atoms with E-state index in [0.29, 0.717) is 12.4 Å². The van der Waals surface area contributed by atoms with Gasteiger partial charge in [0.2, 0.25) is 0 Å². The van der Waals surface area contributed by atoms with Gasteiger partial charge in [-0.2, -0.15) is 14.6 Å². The van der Waals surface area contributed by atoms with Gasteiger partial charge in [0.05, 0.1) is 12.3 Å². The maximum atomic E-state index is 5.17. The van der Waals surface area contributed by atoms with Crippen LogP contribution in [0.1, 0.15) is 5.69 Å². The van der Waals surface area contributed by atoms with E-state index in [9.17, 15) is 0 Å². The number of anilines is 2. The third-order valence-electron chi connectivity index (χ3n) is 3.76. The summed E-state index contributed by atoms with van der Waals surface area (Å²) in [6, 6.07) is 10.3. The van der Waals surface area contributed by atoms with Crippen molar-refractivity contribution >= 4 is 28.2 Å². The third kappa shape index (κ3) is 2.40. The first-order valence-corrected chi connectivity index (χ1v) is 7.25. The minimum atomic E-state index is 0.425. The number of fused-ring (bicyclic) bond motifs is 2. The molecule has 0 aliphatic heterocycles. The maximum absolute atomic E-state index is 5.17. The van der Waals surface area contributed by atoms with E-state index in [1.807, 2.05) is 25.4 Å². The average Bonchev–Trinajstić information content (AvgIpc) is 3.15. The summed E-state index contributed by atoms with van der Waals surface area (Å²) in [6.07, 6.45) is 3.54. The number of nitrogens with zero attached hydrogens (tertiary/aromatic N) is 5. The molecule has 0 aliphatic rings. The highest BCUT2D eigenvalue weighted by molar-refractivity contribution is 5.84. The van der Waals surface area contributed by atoms with E-state index in [0.717, 1.165) is 22.7 Å². The minimum absolute atomic E-state index is 0.425.